The van der Waals surface area contributed by atoms with E-state index < -0.39 is 11.6 Å². The Labute approximate surface area is 170 Å². The lowest BCUT2D eigenvalue weighted by Crippen LogP contribution is -2.54. The number of amides is 1. The van der Waals surface area contributed by atoms with Crippen LogP contribution in [0, 0.1) is 0 Å². The SMILES string of the molecule is COC(=O)c1ccc2nc(CN3CCN(C(=O)OC(C)(C)C)C[C@@H]3C)n(C)c2n1. The second-order valence-electron chi connectivity index (χ2n) is 8.36. The van der Waals surface area contributed by atoms with Gasteiger partial charge >= 0.3 is 12.1 Å². The Balaban J connectivity index is 1.71. The van der Waals surface area contributed by atoms with Crippen LogP contribution in [-0.2, 0) is 23.1 Å². The summed E-state index contributed by atoms with van der Waals surface area (Å²) in [5.74, 6) is 0.383. The molecule has 9 heteroatoms. The lowest BCUT2D eigenvalue weighted by atomic mass is 10.2. The van der Waals surface area contributed by atoms with Crippen molar-refractivity contribution in [2.75, 3.05) is 26.7 Å². The van der Waals surface area contributed by atoms with Gasteiger partial charge in [-0.2, -0.15) is 0 Å². The molecule has 9 nitrogen and oxygen atoms in total. The van der Waals surface area contributed by atoms with E-state index in [-0.39, 0.29) is 17.8 Å². The van der Waals surface area contributed by atoms with Crippen molar-refractivity contribution in [2.24, 2.45) is 7.05 Å². The van der Waals surface area contributed by atoms with Crippen molar-refractivity contribution in [3.8, 4) is 0 Å². The number of piperazine rings is 1. The summed E-state index contributed by atoms with van der Waals surface area (Å²) in [6.07, 6.45) is -0.272. The summed E-state index contributed by atoms with van der Waals surface area (Å²) in [7, 11) is 3.22. The highest BCUT2D eigenvalue weighted by atomic mass is 16.6. The van der Waals surface area contributed by atoms with Gasteiger partial charge in [-0.05, 0) is 39.8 Å². The van der Waals surface area contributed by atoms with Crippen LogP contribution in [0.4, 0.5) is 4.79 Å². The van der Waals surface area contributed by atoms with Gasteiger partial charge in [0.05, 0.1) is 13.7 Å². The second-order valence-corrected chi connectivity index (χ2v) is 8.36. The van der Waals surface area contributed by atoms with E-state index in [0.29, 0.717) is 25.3 Å². The number of esters is 1. The molecule has 0 spiro atoms. The molecule has 1 aliphatic heterocycles. The van der Waals surface area contributed by atoms with Crippen LogP contribution in [0.3, 0.4) is 0 Å². The Bertz CT molecular complexity index is 917. The van der Waals surface area contributed by atoms with Crippen LogP contribution < -0.4 is 0 Å². The fourth-order valence-corrected chi connectivity index (χ4v) is 3.38. The number of aromatic nitrogens is 3. The van der Waals surface area contributed by atoms with Crippen molar-refractivity contribution in [1.29, 1.82) is 0 Å². The normalized spacial score (nSPS) is 18.1. The number of hydrogen-bond donors (Lipinski definition) is 0. The van der Waals surface area contributed by atoms with Crippen LogP contribution in [0.25, 0.3) is 11.2 Å². The summed E-state index contributed by atoms with van der Waals surface area (Å²) in [6.45, 7) is 10.3. The topological polar surface area (TPSA) is 89.8 Å². The van der Waals surface area contributed by atoms with E-state index in [0.717, 1.165) is 17.9 Å². The molecular weight excluding hydrogens is 374 g/mol. The van der Waals surface area contributed by atoms with Gasteiger partial charge in [-0.1, -0.05) is 0 Å². The molecule has 1 saturated heterocycles. The summed E-state index contributed by atoms with van der Waals surface area (Å²) < 4.78 is 12.1. The van der Waals surface area contributed by atoms with Gasteiger partial charge in [0.1, 0.15) is 16.9 Å². The molecule has 0 bridgehead atoms. The predicted molar refractivity (Wildman–Crippen MR) is 108 cm³/mol. The molecule has 29 heavy (non-hydrogen) atoms. The van der Waals surface area contributed by atoms with Crippen molar-refractivity contribution in [3.05, 3.63) is 23.7 Å². The second kappa shape index (κ2) is 7.98. The molecule has 2 aromatic rings. The Morgan fingerprint density at radius 1 is 1.21 bits per heavy atom. The molecule has 3 heterocycles. The number of nitrogens with zero attached hydrogens (tertiary/aromatic N) is 5. The van der Waals surface area contributed by atoms with Crippen molar-refractivity contribution >= 4 is 23.2 Å². The third-order valence-electron chi connectivity index (χ3n) is 4.96. The van der Waals surface area contributed by atoms with Crippen molar-refractivity contribution < 1.29 is 19.1 Å². The van der Waals surface area contributed by atoms with Crippen LogP contribution in [0.15, 0.2) is 12.1 Å². The first-order valence-electron chi connectivity index (χ1n) is 9.71. The number of ether oxygens (including phenoxy) is 2. The summed E-state index contributed by atoms with van der Waals surface area (Å²) in [6, 6.07) is 3.56. The fraction of sp³-hybridized carbons (Fsp3) is 0.600. The largest absolute Gasteiger partial charge is 0.464 e. The highest BCUT2D eigenvalue weighted by molar-refractivity contribution is 5.89. The number of pyridine rings is 1. The number of fused-ring (bicyclic) bond motifs is 1. The Morgan fingerprint density at radius 2 is 1.93 bits per heavy atom. The van der Waals surface area contributed by atoms with E-state index in [1.165, 1.54) is 7.11 Å². The number of carbonyl (C=O) groups is 2. The Morgan fingerprint density at radius 3 is 2.55 bits per heavy atom. The summed E-state index contributed by atoms with van der Waals surface area (Å²) >= 11 is 0. The fourth-order valence-electron chi connectivity index (χ4n) is 3.38. The summed E-state index contributed by atoms with van der Waals surface area (Å²) in [4.78, 5) is 37.2. The maximum atomic E-state index is 12.3. The van der Waals surface area contributed by atoms with E-state index in [2.05, 4.69) is 21.8 Å². The first-order chi connectivity index (χ1) is 13.6. The standard InChI is InChI=1S/C20H29N5O4/c1-13-11-25(19(27)29-20(2,3)4)10-9-24(13)12-16-21-14-7-8-15(18(26)28-6)22-17(14)23(16)5/h7-8,13H,9-12H2,1-6H3/t13-/m0/s1. The molecule has 2 aromatic heterocycles. The van der Waals surface area contributed by atoms with Crippen molar-refractivity contribution in [3.63, 3.8) is 0 Å². The molecule has 1 amide bonds. The number of imidazole rings is 1. The zero-order valence-corrected chi connectivity index (χ0v) is 17.9. The van der Waals surface area contributed by atoms with Crippen LogP contribution in [-0.4, -0.2) is 74.8 Å². The molecule has 0 unspecified atom stereocenters. The average molecular weight is 403 g/mol. The maximum Gasteiger partial charge on any atom is 0.410 e. The lowest BCUT2D eigenvalue weighted by molar-refractivity contribution is 0.00416. The van der Waals surface area contributed by atoms with Gasteiger partial charge < -0.3 is 18.9 Å². The lowest BCUT2D eigenvalue weighted by Gasteiger charge is -2.39. The van der Waals surface area contributed by atoms with E-state index in [1.807, 2.05) is 32.4 Å². The minimum atomic E-state index is -0.499. The van der Waals surface area contributed by atoms with E-state index in [9.17, 15) is 9.59 Å². The van der Waals surface area contributed by atoms with Crippen molar-refractivity contribution in [1.82, 2.24) is 24.3 Å². The smallest absolute Gasteiger partial charge is 0.410 e. The van der Waals surface area contributed by atoms with Crippen LogP contribution in [0.1, 0.15) is 44.0 Å². The van der Waals surface area contributed by atoms with Gasteiger partial charge in [0.25, 0.3) is 0 Å². The zero-order chi connectivity index (χ0) is 21.3. The minimum absolute atomic E-state index is 0.162. The third-order valence-corrected chi connectivity index (χ3v) is 4.96. The van der Waals surface area contributed by atoms with E-state index >= 15 is 0 Å². The number of rotatable bonds is 3. The van der Waals surface area contributed by atoms with Crippen LogP contribution >= 0.6 is 0 Å². The number of carbonyl (C=O) groups excluding carboxylic acids is 2. The molecule has 1 fully saturated rings. The Hall–Kier alpha value is -2.68. The molecule has 1 aliphatic rings. The predicted octanol–water partition coefficient (Wildman–Crippen LogP) is 2.20. The van der Waals surface area contributed by atoms with Crippen LogP contribution in [0.5, 0.6) is 0 Å². The van der Waals surface area contributed by atoms with Crippen molar-refractivity contribution in [2.45, 2.75) is 45.9 Å². The minimum Gasteiger partial charge on any atom is -0.464 e. The highest BCUT2D eigenvalue weighted by Gasteiger charge is 2.30. The molecule has 0 N–H and O–H groups in total. The molecule has 0 saturated carbocycles. The molecule has 0 aromatic carbocycles. The monoisotopic (exact) mass is 403 g/mol. The van der Waals surface area contributed by atoms with Gasteiger partial charge in [-0.15, -0.1) is 0 Å². The highest BCUT2D eigenvalue weighted by Crippen LogP contribution is 2.19. The number of methoxy groups -OCH3 is 1. The van der Waals surface area contributed by atoms with Gasteiger partial charge in [-0.25, -0.2) is 19.6 Å². The molecular formula is C20H29N5O4. The van der Waals surface area contributed by atoms with Gasteiger partial charge in [0.2, 0.25) is 0 Å². The van der Waals surface area contributed by atoms with Crippen LogP contribution in [0.2, 0.25) is 0 Å². The molecule has 1 atom stereocenters. The molecule has 0 radical (unpaired) electrons. The van der Waals surface area contributed by atoms with E-state index in [1.54, 1.807) is 17.0 Å². The van der Waals surface area contributed by atoms with Gasteiger partial charge in [-0.3, -0.25) is 4.90 Å². The first-order valence-corrected chi connectivity index (χ1v) is 9.71. The van der Waals surface area contributed by atoms with E-state index in [4.69, 9.17) is 9.47 Å². The zero-order valence-electron chi connectivity index (χ0n) is 17.9. The Kier molecular flexibility index (Phi) is 5.79. The quantitative estimate of drug-likeness (QED) is 0.726. The molecule has 0 aliphatic carbocycles. The maximum absolute atomic E-state index is 12.3. The van der Waals surface area contributed by atoms with Gasteiger partial charge in [0.15, 0.2) is 11.3 Å². The summed E-state index contributed by atoms with van der Waals surface area (Å²) in [5, 5.41) is 0. The molecule has 3 rings (SSSR count). The average Bonchev–Trinajstić information content (AvgIpc) is 2.96. The number of aryl methyl sites for hydroxylation is 1. The molecule has 158 valence electrons. The summed E-state index contributed by atoms with van der Waals surface area (Å²) in [5.41, 5.74) is 1.13. The van der Waals surface area contributed by atoms with Gasteiger partial charge in [0, 0.05) is 32.7 Å². The first kappa shape index (κ1) is 21.0. The third kappa shape index (κ3) is 4.67. The number of hydrogen-bond acceptors (Lipinski definition) is 7.